The van der Waals surface area contributed by atoms with Crippen molar-refractivity contribution in [2.45, 2.75) is 147 Å². The summed E-state index contributed by atoms with van der Waals surface area (Å²) in [5.41, 5.74) is 11.2. The van der Waals surface area contributed by atoms with E-state index >= 15 is 0 Å². The number of hydrogen-bond donors (Lipinski definition) is 7. The Morgan fingerprint density at radius 1 is 0.571 bits per heavy atom. The summed E-state index contributed by atoms with van der Waals surface area (Å²) in [6, 6.07) is 14.7. The van der Waals surface area contributed by atoms with Gasteiger partial charge in [-0.3, -0.25) is 28.8 Å². The Labute approximate surface area is 330 Å². The molecule has 0 saturated heterocycles. The van der Waals surface area contributed by atoms with Crippen LogP contribution in [0.2, 0.25) is 0 Å². The minimum atomic E-state index is -1.26. The second-order valence-electron chi connectivity index (χ2n) is 14.9. The average molecular weight is 779 g/mol. The van der Waals surface area contributed by atoms with Gasteiger partial charge in [-0.25, -0.2) is 4.79 Å². The third-order valence-corrected chi connectivity index (χ3v) is 9.46. The number of benzene rings is 2. The van der Waals surface area contributed by atoms with Crippen LogP contribution in [0.1, 0.15) is 121 Å². The minimum Gasteiger partial charge on any atom is -0.480 e. The molecule has 0 spiro atoms. The van der Waals surface area contributed by atoms with Gasteiger partial charge in [0, 0.05) is 25.7 Å². The summed E-state index contributed by atoms with van der Waals surface area (Å²) in [6.45, 7) is 3.20. The Balaban J connectivity index is 1.52. The Kier molecular flexibility index (Phi) is 21.6. The zero-order valence-corrected chi connectivity index (χ0v) is 33.0. The fraction of sp³-hybridized carbons (Fsp3) is 0.548. The summed E-state index contributed by atoms with van der Waals surface area (Å²) < 4.78 is 0. The molecule has 6 amide bonds. The lowest BCUT2D eigenvalue weighted by Gasteiger charge is -2.27. The molecule has 0 saturated carbocycles. The highest BCUT2D eigenvalue weighted by Gasteiger charge is 2.32. The van der Waals surface area contributed by atoms with Crippen LogP contribution < -0.4 is 32.7 Å². The maximum absolute atomic E-state index is 12.9. The van der Waals surface area contributed by atoms with Gasteiger partial charge in [-0.05, 0) is 37.8 Å². The molecule has 3 atom stereocenters. The molecule has 0 bridgehead atoms. The van der Waals surface area contributed by atoms with E-state index in [1.807, 2.05) is 30.3 Å². The zero-order valence-electron chi connectivity index (χ0n) is 33.0. The molecule has 0 aromatic heterocycles. The van der Waals surface area contributed by atoms with Gasteiger partial charge in [-0.1, -0.05) is 125 Å². The number of carbonyl (C=O) groups excluding carboxylic acids is 6. The van der Waals surface area contributed by atoms with Gasteiger partial charge in [-0.15, -0.1) is 0 Å². The Morgan fingerprint density at radius 2 is 1.00 bits per heavy atom. The standard InChI is InChI=1S/C42H62N6O8/c1-42(2,41(56)47-32(38(44)52)27-30-21-15-13-16-22-30)48-37(51)26-20-12-10-8-6-4-3-5-7-9-11-19-25-36(50)45-33(29-35(43)49)39(53)46-34(40(54)55)28-31-23-17-14-18-24-31/h13-18,21-24,32-34H,3-12,19-20,25-29H2,1-2H3,(H2,43,49)(H2,44,52)(H,45,50)(H,46,53)(H,47,56)(H,48,51)(H,54,55)/t32-,33-,34-/m0/s1. The van der Waals surface area contributed by atoms with Crippen LogP contribution >= 0.6 is 0 Å². The fourth-order valence-corrected chi connectivity index (χ4v) is 6.22. The number of carbonyl (C=O) groups is 7. The second kappa shape index (κ2) is 25.7. The molecular weight excluding hydrogens is 716 g/mol. The highest BCUT2D eigenvalue weighted by Crippen LogP contribution is 2.14. The Hall–Kier alpha value is -5.27. The molecule has 0 unspecified atom stereocenters. The SMILES string of the molecule is CC(C)(NC(=O)CCCCCCCCCCCCCCC(=O)N[C@@H](CC(N)=O)C(=O)N[C@@H](Cc1ccccc1)C(=O)O)C(=O)N[C@@H](Cc1ccccc1)C(N)=O. The van der Waals surface area contributed by atoms with E-state index in [-0.39, 0.29) is 25.2 Å². The summed E-state index contributed by atoms with van der Waals surface area (Å²) >= 11 is 0. The van der Waals surface area contributed by atoms with Gasteiger partial charge >= 0.3 is 5.97 Å². The van der Waals surface area contributed by atoms with E-state index in [4.69, 9.17) is 11.5 Å². The lowest BCUT2D eigenvalue weighted by atomic mass is 10.0. The average Bonchev–Trinajstić information content (AvgIpc) is 3.14. The van der Waals surface area contributed by atoms with E-state index in [1.165, 1.54) is 0 Å². The van der Waals surface area contributed by atoms with Gasteiger partial charge in [0.1, 0.15) is 23.7 Å². The van der Waals surface area contributed by atoms with E-state index in [1.54, 1.807) is 44.2 Å². The summed E-state index contributed by atoms with van der Waals surface area (Å²) in [7, 11) is 0. The van der Waals surface area contributed by atoms with Crippen molar-refractivity contribution >= 4 is 41.4 Å². The smallest absolute Gasteiger partial charge is 0.326 e. The predicted octanol–water partition coefficient (Wildman–Crippen LogP) is 3.73. The minimum absolute atomic E-state index is 0.0465. The van der Waals surface area contributed by atoms with E-state index in [9.17, 15) is 38.7 Å². The molecular formula is C42H62N6O8. The molecule has 0 aliphatic heterocycles. The number of nitrogens with two attached hydrogens (primary N) is 2. The van der Waals surface area contributed by atoms with Crippen molar-refractivity contribution in [2.75, 3.05) is 0 Å². The van der Waals surface area contributed by atoms with E-state index in [2.05, 4.69) is 21.3 Å². The van der Waals surface area contributed by atoms with Crippen molar-refractivity contribution in [3.05, 3.63) is 71.8 Å². The fourth-order valence-electron chi connectivity index (χ4n) is 6.22. The van der Waals surface area contributed by atoms with Crippen molar-refractivity contribution < 1.29 is 38.7 Å². The molecule has 0 heterocycles. The number of aliphatic carboxylic acids is 1. The normalized spacial score (nSPS) is 12.8. The number of nitrogens with one attached hydrogen (secondary N) is 4. The molecule has 0 aliphatic rings. The van der Waals surface area contributed by atoms with Crippen LogP contribution in [0, 0.1) is 0 Å². The lowest BCUT2D eigenvalue weighted by Crippen LogP contribution is -2.59. The third-order valence-electron chi connectivity index (χ3n) is 9.46. The molecule has 14 heteroatoms. The number of primary amides is 2. The van der Waals surface area contributed by atoms with Gasteiger partial charge in [0.25, 0.3) is 0 Å². The maximum Gasteiger partial charge on any atom is 0.326 e. The van der Waals surface area contributed by atoms with Crippen LogP contribution in [0.4, 0.5) is 0 Å². The molecule has 2 aromatic rings. The van der Waals surface area contributed by atoms with Crippen molar-refractivity contribution in [3.8, 4) is 0 Å². The Morgan fingerprint density at radius 3 is 1.43 bits per heavy atom. The van der Waals surface area contributed by atoms with E-state index in [0.717, 1.165) is 76.2 Å². The van der Waals surface area contributed by atoms with Crippen molar-refractivity contribution in [2.24, 2.45) is 11.5 Å². The summed E-state index contributed by atoms with van der Waals surface area (Å²) in [4.78, 5) is 86.1. The first-order chi connectivity index (χ1) is 26.7. The van der Waals surface area contributed by atoms with Crippen LogP contribution in [-0.4, -0.2) is 70.2 Å². The highest BCUT2D eigenvalue weighted by molar-refractivity contribution is 5.94. The van der Waals surface area contributed by atoms with E-state index in [0.29, 0.717) is 18.4 Å². The molecule has 0 radical (unpaired) electrons. The molecule has 0 fully saturated rings. The van der Waals surface area contributed by atoms with E-state index < -0.39 is 65.6 Å². The predicted molar refractivity (Wildman–Crippen MR) is 214 cm³/mol. The number of amides is 6. The molecule has 2 aromatic carbocycles. The topological polar surface area (TPSA) is 240 Å². The maximum atomic E-state index is 12.9. The van der Waals surface area contributed by atoms with Crippen molar-refractivity contribution in [3.63, 3.8) is 0 Å². The lowest BCUT2D eigenvalue weighted by molar-refractivity contribution is -0.142. The number of hydrogen-bond acceptors (Lipinski definition) is 7. The van der Waals surface area contributed by atoms with Crippen LogP contribution in [0.5, 0.6) is 0 Å². The Bertz CT molecular complexity index is 1550. The first-order valence-corrected chi connectivity index (χ1v) is 19.8. The molecule has 308 valence electrons. The number of carboxylic acid groups (broad SMARTS) is 1. The van der Waals surface area contributed by atoms with Gasteiger partial charge in [-0.2, -0.15) is 0 Å². The third kappa shape index (κ3) is 19.9. The van der Waals surface area contributed by atoms with Gasteiger partial charge in [0.15, 0.2) is 0 Å². The van der Waals surface area contributed by atoms with Crippen molar-refractivity contribution in [1.82, 2.24) is 21.3 Å². The number of unbranched alkanes of at least 4 members (excludes halogenated alkanes) is 11. The number of rotatable bonds is 29. The summed E-state index contributed by atoms with van der Waals surface area (Å²) in [5.74, 6) is -4.53. The van der Waals surface area contributed by atoms with Gasteiger partial charge < -0.3 is 37.8 Å². The first kappa shape index (κ1) is 46.9. The quantitative estimate of drug-likeness (QED) is 0.0599. The van der Waals surface area contributed by atoms with Gasteiger partial charge in [0.05, 0.1) is 6.42 Å². The zero-order chi connectivity index (χ0) is 41.3. The highest BCUT2D eigenvalue weighted by atomic mass is 16.4. The molecule has 9 N–H and O–H groups in total. The van der Waals surface area contributed by atoms with Crippen LogP contribution in [0.25, 0.3) is 0 Å². The first-order valence-electron chi connectivity index (χ1n) is 19.8. The molecule has 56 heavy (non-hydrogen) atoms. The monoisotopic (exact) mass is 778 g/mol. The largest absolute Gasteiger partial charge is 0.480 e. The van der Waals surface area contributed by atoms with Crippen LogP contribution in [-0.2, 0) is 46.4 Å². The number of carboxylic acids is 1. The summed E-state index contributed by atoms with van der Waals surface area (Å²) in [5, 5.41) is 20.0. The van der Waals surface area contributed by atoms with Crippen LogP contribution in [0.3, 0.4) is 0 Å². The molecule has 14 nitrogen and oxygen atoms in total. The van der Waals surface area contributed by atoms with Crippen LogP contribution in [0.15, 0.2) is 60.7 Å². The van der Waals surface area contributed by atoms with Gasteiger partial charge in [0.2, 0.25) is 35.4 Å². The van der Waals surface area contributed by atoms with Crippen molar-refractivity contribution in [1.29, 1.82) is 0 Å². The molecule has 0 aliphatic carbocycles. The summed E-state index contributed by atoms with van der Waals surface area (Å²) in [6.07, 6.45) is 12.0. The molecule has 2 rings (SSSR count). The second-order valence-corrected chi connectivity index (χ2v) is 14.9.